The Hall–Kier alpha value is 4.07. The minimum atomic E-state index is 0. The van der Waals surface area contributed by atoms with E-state index >= 15 is 0 Å². The first kappa shape index (κ1) is 89.2. The van der Waals surface area contributed by atoms with Crippen LogP contribution in [0.3, 0.4) is 0 Å². The predicted octanol–water partition coefficient (Wildman–Crippen LogP) is -18.4. The van der Waals surface area contributed by atoms with Gasteiger partial charge in [0.1, 0.15) is 0 Å². The van der Waals surface area contributed by atoms with Gasteiger partial charge in [0.15, 0.2) is 0 Å². The van der Waals surface area contributed by atoms with E-state index in [1.807, 2.05) is 0 Å². The van der Waals surface area contributed by atoms with Crippen LogP contribution in [0.1, 0.15) is 0 Å². The van der Waals surface area contributed by atoms with Crippen molar-refractivity contribution in [1.29, 1.82) is 0 Å². The van der Waals surface area contributed by atoms with Crippen LogP contribution in [0, 0.1) is 0 Å². The summed E-state index contributed by atoms with van der Waals surface area (Å²) in [6, 6.07) is 0. The standard InChI is InChI=1S/5ClH.Li.Tl.Y/h5*1H;;;/q;;;;;2*+1;+3/p-5. The average molecular weight is 477 g/mol. The largest absolute Gasteiger partial charge is 3.00 e. The molecule has 0 bridgehead atoms. The molecule has 0 aromatic carbocycles. The van der Waals surface area contributed by atoms with Gasteiger partial charge >= 0.3 is 78.9 Å². The van der Waals surface area contributed by atoms with E-state index < -0.39 is 0 Å². The molecule has 0 aromatic heterocycles. The van der Waals surface area contributed by atoms with Gasteiger partial charge in [0.25, 0.3) is 0 Å². The van der Waals surface area contributed by atoms with Gasteiger partial charge in [0.05, 0.1) is 0 Å². The molecule has 0 amide bonds. The Kier molecular flexibility index (Phi) is 755. The van der Waals surface area contributed by atoms with E-state index in [4.69, 9.17) is 0 Å². The van der Waals surface area contributed by atoms with Crippen molar-refractivity contribution in [3.63, 3.8) is 0 Å². The molecule has 0 heterocycles. The summed E-state index contributed by atoms with van der Waals surface area (Å²) in [5.74, 6) is 0. The molecule has 0 fully saturated rings. The Morgan fingerprint density at radius 1 is 0.500 bits per heavy atom. The summed E-state index contributed by atoms with van der Waals surface area (Å²) < 4.78 is 0. The van der Waals surface area contributed by atoms with Crippen molar-refractivity contribution < 1.29 is 114 Å². The van der Waals surface area contributed by atoms with E-state index in [-0.39, 0.29) is 141 Å². The Morgan fingerprint density at radius 2 is 0.500 bits per heavy atom. The van der Waals surface area contributed by atoms with Crippen LogP contribution in [0.4, 0.5) is 0 Å². The van der Waals surface area contributed by atoms with Gasteiger partial charge in [-0.3, -0.25) is 0 Å². The molecule has 0 rings (SSSR count). The second kappa shape index (κ2) is 67.7. The van der Waals surface area contributed by atoms with E-state index in [1.54, 1.807) is 0 Å². The van der Waals surface area contributed by atoms with E-state index in [0.717, 1.165) is 0 Å². The summed E-state index contributed by atoms with van der Waals surface area (Å²) >= 11 is 0. The summed E-state index contributed by atoms with van der Waals surface area (Å²) in [4.78, 5) is 0. The molecule has 0 saturated heterocycles. The van der Waals surface area contributed by atoms with E-state index in [9.17, 15) is 0 Å². The van der Waals surface area contributed by atoms with Gasteiger partial charge in [-0.05, 0) is 0 Å². The first-order valence-corrected chi connectivity index (χ1v) is 0. The van der Waals surface area contributed by atoms with Crippen LogP contribution in [0.2, 0.25) is 0 Å². The summed E-state index contributed by atoms with van der Waals surface area (Å²) in [6.07, 6.45) is 0. The average Bonchev–Trinajstić information content (AvgIpc) is 0. The first-order chi connectivity index (χ1) is 0. The third-order valence-electron chi connectivity index (χ3n) is 0. The summed E-state index contributed by atoms with van der Waals surface area (Å²) in [5.41, 5.74) is 0. The fourth-order valence-electron chi connectivity index (χ4n) is 0. The maximum Gasteiger partial charge on any atom is 3.00 e. The van der Waals surface area contributed by atoms with Gasteiger partial charge in [0, 0.05) is 0 Å². The maximum atomic E-state index is 0. The monoisotopic (exact) mass is 476 g/mol. The van der Waals surface area contributed by atoms with E-state index in [0.29, 0.717) is 0 Å². The van der Waals surface area contributed by atoms with Crippen molar-refractivity contribution in [3.8, 4) is 0 Å². The molecule has 42 valence electrons. The molecule has 0 aliphatic heterocycles. The molecular weight excluding hydrogens is 477 g/mol. The molecule has 0 aliphatic carbocycles. The fraction of sp³-hybridized carbons (Fsp3) is 0. The first-order valence-electron chi connectivity index (χ1n) is 0. The number of hydrogen-bond acceptors (Lipinski definition) is 0. The molecule has 0 N–H and O–H groups in total. The third kappa shape index (κ3) is 50.0. The molecule has 8 heteroatoms. The van der Waals surface area contributed by atoms with Crippen LogP contribution < -0.4 is 80.9 Å². The zero-order valence-electron chi connectivity index (χ0n) is 4.04. The van der Waals surface area contributed by atoms with E-state index in [2.05, 4.69) is 0 Å². The quantitative estimate of drug-likeness (QED) is 0.304. The maximum absolute atomic E-state index is 0. The Bertz CT molecular complexity index is 12.4. The summed E-state index contributed by atoms with van der Waals surface area (Å²) in [7, 11) is 0. The molecule has 0 atom stereocenters. The normalized spacial score (nSPS) is 0. The zero-order chi connectivity index (χ0) is 0. The zero-order valence-corrected chi connectivity index (χ0v) is 15.2. The van der Waals surface area contributed by atoms with Gasteiger partial charge in [-0.2, -0.15) is 0 Å². The molecule has 0 saturated carbocycles. The smallest absolute Gasteiger partial charge is 1.00 e. The Balaban J connectivity index is 0. The summed E-state index contributed by atoms with van der Waals surface area (Å²) in [6.45, 7) is 0. The molecular formula is Cl5LiTlY. The van der Waals surface area contributed by atoms with Crippen molar-refractivity contribution >= 4 is 27.3 Å². The van der Waals surface area contributed by atoms with Crippen LogP contribution in [-0.4, -0.2) is 27.3 Å². The predicted molar refractivity (Wildman–Crippen MR) is 5.75 cm³/mol. The van der Waals surface area contributed by atoms with Crippen molar-refractivity contribution in [2.45, 2.75) is 0 Å². The fourth-order valence-corrected chi connectivity index (χ4v) is 0. The molecule has 0 radical (unpaired) electrons. The van der Waals surface area contributed by atoms with Gasteiger partial charge < -0.3 is 62.0 Å². The minimum Gasteiger partial charge on any atom is -1.00 e. The molecule has 0 unspecified atom stereocenters. The van der Waals surface area contributed by atoms with Crippen LogP contribution in [0.15, 0.2) is 0 Å². The molecule has 8 heavy (non-hydrogen) atoms. The molecule has 0 aromatic rings. The second-order valence-corrected chi connectivity index (χ2v) is 0. The Morgan fingerprint density at radius 3 is 0.500 bits per heavy atom. The van der Waals surface area contributed by atoms with Crippen molar-refractivity contribution in [2.24, 2.45) is 0 Å². The topological polar surface area (TPSA) is 0 Å². The third-order valence-corrected chi connectivity index (χ3v) is 0. The van der Waals surface area contributed by atoms with Crippen molar-refractivity contribution in [1.82, 2.24) is 0 Å². The molecule has 0 spiro atoms. The Labute approximate surface area is 138 Å². The van der Waals surface area contributed by atoms with Crippen molar-refractivity contribution in [2.75, 3.05) is 0 Å². The minimum absolute atomic E-state index is 0. The van der Waals surface area contributed by atoms with Crippen LogP contribution >= 0.6 is 0 Å². The number of halogens is 5. The van der Waals surface area contributed by atoms with Gasteiger partial charge in [0.2, 0.25) is 0 Å². The number of rotatable bonds is 0. The van der Waals surface area contributed by atoms with Crippen LogP contribution in [0.5, 0.6) is 0 Å². The van der Waals surface area contributed by atoms with Crippen LogP contribution in [0.25, 0.3) is 0 Å². The van der Waals surface area contributed by atoms with Crippen LogP contribution in [-0.2, 0) is 32.7 Å². The van der Waals surface area contributed by atoms with E-state index in [1.165, 1.54) is 0 Å². The van der Waals surface area contributed by atoms with Crippen molar-refractivity contribution in [3.05, 3.63) is 0 Å². The summed E-state index contributed by atoms with van der Waals surface area (Å²) in [5, 5.41) is 0. The van der Waals surface area contributed by atoms with Gasteiger partial charge in [-0.1, -0.05) is 0 Å². The molecule has 0 aliphatic rings. The SMILES string of the molecule is [Cl-].[Cl-].[Cl-].[Cl-].[Cl-].[Li+].[Tl+].[Y+3]. The van der Waals surface area contributed by atoms with Gasteiger partial charge in [-0.15, -0.1) is 0 Å². The second-order valence-electron chi connectivity index (χ2n) is 0. The number of hydrogen-bond donors (Lipinski definition) is 0. The van der Waals surface area contributed by atoms with Gasteiger partial charge in [-0.25, -0.2) is 0 Å². The molecule has 0 nitrogen and oxygen atoms in total.